The van der Waals surface area contributed by atoms with E-state index in [1.165, 1.54) is 0 Å². The predicted molar refractivity (Wildman–Crippen MR) is 80.5 cm³/mol. The maximum Gasteiger partial charge on any atom is 0.330 e. The maximum atomic E-state index is 12.3. The first-order chi connectivity index (χ1) is 10.1. The maximum absolute atomic E-state index is 12.3. The number of aryl methyl sites for hydroxylation is 2. The molecule has 0 amide bonds. The monoisotopic (exact) mass is 287 g/mol. The van der Waals surface area contributed by atoms with Crippen molar-refractivity contribution in [1.29, 1.82) is 0 Å². The molecule has 2 aromatic rings. The van der Waals surface area contributed by atoms with Crippen molar-refractivity contribution in [3.05, 3.63) is 54.1 Å². The van der Waals surface area contributed by atoms with Gasteiger partial charge in [-0.3, -0.25) is 0 Å². The number of ether oxygens (including phenoxy) is 1. The molecule has 0 aliphatic carbocycles. The number of imidazole rings is 1. The van der Waals surface area contributed by atoms with Crippen molar-refractivity contribution in [2.45, 2.75) is 32.4 Å². The molecule has 0 aliphatic rings. The molecule has 0 radical (unpaired) electrons. The van der Waals surface area contributed by atoms with Crippen molar-refractivity contribution in [1.82, 2.24) is 9.55 Å². The van der Waals surface area contributed by atoms with Gasteiger partial charge in [0.25, 0.3) is 0 Å². The second-order valence-electron chi connectivity index (χ2n) is 4.98. The zero-order valence-corrected chi connectivity index (χ0v) is 12.5. The molecule has 1 aromatic carbocycles. The molecule has 0 saturated heterocycles. The van der Waals surface area contributed by atoms with Crippen LogP contribution in [-0.2, 0) is 21.6 Å². The molecule has 0 spiro atoms. The lowest BCUT2D eigenvalue weighted by molar-refractivity contribution is -0.150. The predicted octanol–water partition coefficient (Wildman–Crippen LogP) is 2.00. The summed E-state index contributed by atoms with van der Waals surface area (Å²) in [5, 5.41) is 0. The van der Waals surface area contributed by atoms with Crippen molar-refractivity contribution in [3.63, 3.8) is 0 Å². The van der Waals surface area contributed by atoms with Crippen molar-refractivity contribution >= 4 is 5.97 Å². The summed E-state index contributed by atoms with van der Waals surface area (Å²) < 4.78 is 7.15. The lowest BCUT2D eigenvalue weighted by Crippen LogP contribution is -2.47. The Morgan fingerprint density at radius 3 is 2.67 bits per heavy atom. The third-order valence-electron chi connectivity index (χ3n) is 3.60. The summed E-state index contributed by atoms with van der Waals surface area (Å²) in [5.74, 6) is 0.503. The van der Waals surface area contributed by atoms with Crippen LogP contribution in [0.25, 0.3) is 0 Å². The molecule has 1 heterocycles. The topological polar surface area (TPSA) is 70.1 Å². The summed E-state index contributed by atoms with van der Waals surface area (Å²) in [6.07, 6.45) is 4.07. The molecule has 5 heteroatoms. The molecule has 21 heavy (non-hydrogen) atoms. The number of carbonyl (C=O) groups is 1. The van der Waals surface area contributed by atoms with E-state index >= 15 is 0 Å². The van der Waals surface area contributed by atoms with Gasteiger partial charge in [-0.05, 0) is 25.8 Å². The fraction of sp³-hybridized carbons (Fsp3) is 0.375. The lowest BCUT2D eigenvalue weighted by atomic mass is 9.87. The van der Waals surface area contributed by atoms with Crippen LogP contribution in [0.1, 0.15) is 24.7 Å². The third-order valence-corrected chi connectivity index (χ3v) is 3.60. The standard InChI is InChI=1S/C16H21N3O2/c1-3-21-15(20)16(17,14-7-5-4-6-8-14)9-11-19-12-10-18-13(19)2/h4-8,10,12H,3,9,11,17H2,1-2H3. The zero-order valence-electron chi connectivity index (χ0n) is 12.5. The van der Waals surface area contributed by atoms with Crippen LogP contribution < -0.4 is 5.73 Å². The van der Waals surface area contributed by atoms with E-state index in [1.54, 1.807) is 13.1 Å². The summed E-state index contributed by atoms with van der Waals surface area (Å²) in [6.45, 7) is 4.62. The molecule has 2 rings (SSSR count). The molecule has 5 nitrogen and oxygen atoms in total. The minimum atomic E-state index is -1.14. The molecule has 0 saturated carbocycles. The van der Waals surface area contributed by atoms with Gasteiger partial charge in [-0.2, -0.15) is 0 Å². The van der Waals surface area contributed by atoms with Crippen LogP contribution in [0.15, 0.2) is 42.7 Å². The molecular formula is C16H21N3O2. The van der Waals surface area contributed by atoms with Gasteiger partial charge < -0.3 is 15.0 Å². The highest BCUT2D eigenvalue weighted by atomic mass is 16.5. The zero-order chi connectivity index (χ0) is 15.3. The number of aromatic nitrogens is 2. The van der Waals surface area contributed by atoms with Crippen molar-refractivity contribution < 1.29 is 9.53 Å². The van der Waals surface area contributed by atoms with Gasteiger partial charge in [0.15, 0.2) is 0 Å². The van der Waals surface area contributed by atoms with E-state index < -0.39 is 11.5 Å². The van der Waals surface area contributed by atoms with E-state index in [9.17, 15) is 4.79 Å². The summed E-state index contributed by atoms with van der Waals surface area (Å²) >= 11 is 0. The third kappa shape index (κ3) is 3.31. The Hall–Kier alpha value is -2.14. The fourth-order valence-corrected chi connectivity index (χ4v) is 2.30. The summed E-state index contributed by atoms with van der Waals surface area (Å²) in [6, 6.07) is 9.36. The van der Waals surface area contributed by atoms with Gasteiger partial charge in [0, 0.05) is 18.9 Å². The summed E-state index contributed by atoms with van der Waals surface area (Å²) in [4.78, 5) is 16.5. The minimum Gasteiger partial charge on any atom is -0.464 e. The highest BCUT2D eigenvalue weighted by Gasteiger charge is 2.37. The SMILES string of the molecule is CCOC(=O)C(N)(CCn1ccnc1C)c1ccccc1. The number of hydrogen-bond acceptors (Lipinski definition) is 4. The number of hydrogen-bond donors (Lipinski definition) is 1. The largest absolute Gasteiger partial charge is 0.464 e. The van der Waals surface area contributed by atoms with E-state index in [0.717, 1.165) is 11.4 Å². The molecule has 112 valence electrons. The number of esters is 1. The fourth-order valence-electron chi connectivity index (χ4n) is 2.30. The van der Waals surface area contributed by atoms with Crippen LogP contribution >= 0.6 is 0 Å². The Bertz CT molecular complexity index is 595. The van der Waals surface area contributed by atoms with Crippen LogP contribution in [0.4, 0.5) is 0 Å². The Balaban J connectivity index is 2.24. The molecule has 1 aromatic heterocycles. The van der Waals surface area contributed by atoms with Crippen molar-refractivity contribution in [3.8, 4) is 0 Å². The molecule has 0 aliphatic heterocycles. The summed E-state index contributed by atoms with van der Waals surface area (Å²) in [7, 11) is 0. The van der Waals surface area contributed by atoms with Crippen molar-refractivity contribution in [2.24, 2.45) is 5.73 Å². The lowest BCUT2D eigenvalue weighted by Gasteiger charge is -2.28. The highest BCUT2D eigenvalue weighted by molar-refractivity contribution is 5.82. The first-order valence-corrected chi connectivity index (χ1v) is 7.07. The van der Waals surface area contributed by atoms with E-state index in [4.69, 9.17) is 10.5 Å². The van der Waals surface area contributed by atoms with Gasteiger partial charge in [-0.1, -0.05) is 30.3 Å². The highest BCUT2D eigenvalue weighted by Crippen LogP contribution is 2.25. The molecule has 1 atom stereocenters. The van der Waals surface area contributed by atoms with Crippen molar-refractivity contribution in [2.75, 3.05) is 6.61 Å². The normalized spacial score (nSPS) is 13.7. The first kappa shape index (κ1) is 15.3. The minimum absolute atomic E-state index is 0.314. The van der Waals surface area contributed by atoms with Gasteiger partial charge in [0.05, 0.1) is 6.61 Å². The first-order valence-electron chi connectivity index (χ1n) is 7.07. The van der Waals surface area contributed by atoms with E-state index in [2.05, 4.69) is 4.98 Å². The average Bonchev–Trinajstić information content (AvgIpc) is 2.91. The van der Waals surface area contributed by atoms with E-state index in [1.807, 2.05) is 48.0 Å². The smallest absolute Gasteiger partial charge is 0.330 e. The Morgan fingerprint density at radius 2 is 2.10 bits per heavy atom. The number of nitrogens with zero attached hydrogens (tertiary/aromatic N) is 2. The molecule has 0 fully saturated rings. The van der Waals surface area contributed by atoms with Gasteiger partial charge in [0.2, 0.25) is 0 Å². The van der Waals surface area contributed by atoms with Gasteiger partial charge in [0.1, 0.15) is 11.4 Å². The van der Waals surface area contributed by atoms with E-state index in [-0.39, 0.29) is 0 Å². The molecule has 0 bridgehead atoms. The summed E-state index contributed by atoms with van der Waals surface area (Å²) in [5.41, 5.74) is 6.03. The van der Waals surface area contributed by atoms with Crippen LogP contribution in [0.5, 0.6) is 0 Å². The van der Waals surface area contributed by atoms with Crippen LogP contribution in [0.3, 0.4) is 0 Å². The molecule has 1 unspecified atom stereocenters. The Morgan fingerprint density at radius 1 is 1.38 bits per heavy atom. The molecule has 2 N–H and O–H groups in total. The Kier molecular flexibility index (Phi) is 4.75. The second-order valence-corrected chi connectivity index (χ2v) is 4.98. The number of benzene rings is 1. The quantitative estimate of drug-likeness (QED) is 0.825. The number of nitrogens with two attached hydrogens (primary N) is 1. The Labute approximate surface area is 124 Å². The number of carbonyl (C=O) groups excluding carboxylic acids is 1. The van der Waals surface area contributed by atoms with Gasteiger partial charge in [-0.15, -0.1) is 0 Å². The van der Waals surface area contributed by atoms with Gasteiger partial charge in [-0.25, -0.2) is 9.78 Å². The number of rotatable bonds is 6. The van der Waals surface area contributed by atoms with Gasteiger partial charge >= 0.3 is 5.97 Å². The van der Waals surface area contributed by atoms with Crippen LogP contribution in [0.2, 0.25) is 0 Å². The van der Waals surface area contributed by atoms with Crippen LogP contribution in [-0.4, -0.2) is 22.1 Å². The molecular weight excluding hydrogens is 266 g/mol. The second kappa shape index (κ2) is 6.54. The average molecular weight is 287 g/mol. The van der Waals surface area contributed by atoms with Crippen LogP contribution in [0, 0.1) is 6.92 Å². The van der Waals surface area contributed by atoms with E-state index in [0.29, 0.717) is 19.6 Å².